The molecule has 0 bridgehead atoms. The van der Waals surface area contributed by atoms with Crippen LogP contribution in [0.5, 0.6) is 0 Å². The molecule has 0 saturated heterocycles. The maximum absolute atomic E-state index is 13.7. The van der Waals surface area contributed by atoms with Gasteiger partial charge in [0.05, 0.1) is 28.1 Å². The first kappa shape index (κ1) is 20.8. The molecule has 0 heterocycles. The summed E-state index contributed by atoms with van der Waals surface area (Å²) in [5.41, 5.74) is 2.47. The van der Waals surface area contributed by atoms with E-state index in [9.17, 15) is 13.6 Å². The average Bonchev–Trinajstić information content (AvgIpc) is 2.58. The summed E-state index contributed by atoms with van der Waals surface area (Å²) in [7, 11) is 0. The Hall–Kier alpha value is -1.49. The maximum atomic E-state index is 13.7. The zero-order valence-corrected chi connectivity index (χ0v) is 16.6. The summed E-state index contributed by atoms with van der Waals surface area (Å²) in [5.74, 6) is -3.05. The van der Waals surface area contributed by atoms with Crippen LogP contribution in [0.2, 0.25) is 5.02 Å². The average molecular weight is 497 g/mol. The van der Waals surface area contributed by atoms with Gasteiger partial charge in [0, 0.05) is 16.2 Å². The Balaban J connectivity index is 2.28. The molecule has 1 atom stereocenters. The number of hydrogen-bond donors (Lipinski definition) is 3. The molecule has 26 heavy (non-hydrogen) atoms. The highest BCUT2D eigenvalue weighted by Gasteiger charge is 2.18. The zero-order chi connectivity index (χ0) is 19.3. The molecular formula is C17H16ClF2IN2O3. The van der Waals surface area contributed by atoms with E-state index >= 15 is 0 Å². The van der Waals surface area contributed by atoms with Crippen molar-refractivity contribution in [2.45, 2.75) is 19.4 Å². The Morgan fingerprint density at radius 3 is 2.62 bits per heavy atom. The predicted octanol–water partition coefficient (Wildman–Crippen LogP) is 4.40. The minimum absolute atomic E-state index is 0.0305. The number of nitrogens with one attached hydrogen (secondary N) is 2. The third-order valence-electron chi connectivity index (χ3n) is 3.39. The van der Waals surface area contributed by atoms with Gasteiger partial charge >= 0.3 is 0 Å². The highest BCUT2D eigenvalue weighted by Crippen LogP contribution is 2.30. The van der Waals surface area contributed by atoms with Gasteiger partial charge in [-0.15, -0.1) is 0 Å². The highest BCUT2D eigenvalue weighted by atomic mass is 127. The van der Waals surface area contributed by atoms with Crippen molar-refractivity contribution in [1.82, 2.24) is 5.48 Å². The molecule has 140 valence electrons. The van der Waals surface area contributed by atoms with Gasteiger partial charge in [0.25, 0.3) is 5.91 Å². The molecule has 2 aromatic rings. The SMILES string of the molecule is CC(CCO)ONC(=O)c1cc(F)c(F)cc1Nc1ccc(I)cc1Cl. The second kappa shape index (κ2) is 9.45. The van der Waals surface area contributed by atoms with Crippen LogP contribution >= 0.6 is 34.2 Å². The smallest absolute Gasteiger partial charge is 0.277 e. The summed E-state index contributed by atoms with van der Waals surface area (Å²) in [4.78, 5) is 17.4. The van der Waals surface area contributed by atoms with E-state index in [1.54, 1.807) is 25.1 Å². The van der Waals surface area contributed by atoms with Crippen molar-refractivity contribution < 1.29 is 23.5 Å². The summed E-state index contributed by atoms with van der Waals surface area (Å²) in [6.45, 7) is 1.53. The second-order valence-corrected chi connectivity index (χ2v) is 7.09. The zero-order valence-electron chi connectivity index (χ0n) is 13.7. The maximum Gasteiger partial charge on any atom is 0.277 e. The molecule has 1 unspecified atom stereocenters. The molecule has 1 amide bonds. The number of carbonyl (C=O) groups is 1. The van der Waals surface area contributed by atoms with E-state index in [-0.39, 0.29) is 17.9 Å². The number of amides is 1. The van der Waals surface area contributed by atoms with Crippen LogP contribution in [-0.4, -0.2) is 23.7 Å². The fraction of sp³-hybridized carbons (Fsp3) is 0.235. The van der Waals surface area contributed by atoms with E-state index in [1.165, 1.54) is 0 Å². The van der Waals surface area contributed by atoms with E-state index in [0.29, 0.717) is 17.1 Å². The number of aliphatic hydroxyl groups is 1. The van der Waals surface area contributed by atoms with E-state index in [4.69, 9.17) is 21.5 Å². The van der Waals surface area contributed by atoms with Gasteiger partial charge in [0.1, 0.15) is 0 Å². The Labute approximate surface area is 167 Å². The summed E-state index contributed by atoms with van der Waals surface area (Å²) in [6, 6.07) is 6.76. The van der Waals surface area contributed by atoms with Crippen LogP contribution in [0.3, 0.4) is 0 Å². The molecule has 0 aliphatic carbocycles. The van der Waals surface area contributed by atoms with Gasteiger partial charge in [0.2, 0.25) is 0 Å². The quantitative estimate of drug-likeness (QED) is 0.393. The summed E-state index contributed by atoms with van der Waals surface area (Å²) in [6.07, 6.45) is -0.141. The molecule has 9 heteroatoms. The second-order valence-electron chi connectivity index (χ2n) is 5.43. The number of hydrogen-bond acceptors (Lipinski definition) is 4. The molecule has 5 nitrogen and oxygen atoms in total. The predicted molar refractivity (Wildman–Crippen MR) is 104 cm³/mol. The Bertz CT molecular complexity index is 808. The minimum atomic E-state index is -1.17. The summed E-state index contributed by atoms with van der Waals surface area (Å²) in [5, 5.41) is 12.0. The Morgan fingerprint density at radius 2 is 1.96 bits per heavy atom. The molecule has 2 aromatic carbocycles. The first-order valence-electron chi connectivity index (χ1n) is 7.59. The number of aliphatic hydroxyl groups excluding tert-OH is 1. The van der Waals surface area contributed by atoms with Crippen molar-refractivity contribution in [2.75, 3.05) is 11.9 Å². The molecule has 0 aromatic heterocycles. The van der Waals surface area contributed by atoms with E-state index in [2.05, 4.69) is 33.4 Å². The van der Waals surface area contributed by atoms with Crippen molar-refractivity contribution in [3.05, 3.63) is 56.1 Å². The lowest BCUT2D eigenvalue weighted by molar-refractivity contribution is -0.0168. The molecule has 0 radical (unpaired) electrons. The molecule has 3 N–H and O–H groups in total. The van der Waals surface area contributed by atoms with E-state index < -0.39 is 23.6 Å². The van der Waals surface area contributed by atoms with Crippen LogP contribution in [0.25, 0.3) is 0 Å². The molecule has 0 saturated carbocycles. The lowest BCUT2D eigenvalue weighted by atomic mass is 10.1. The van der Waals surface area contributed by atoms with Gasteiger partial charge in [-0.1, -0.05) is 11.6 Å². The number of anilines is 2. The van der Waals surface area contributed by atoms with Crippen LogP contribution in [0.4, 0.5) is 20.2 Å². The third-order valence-corrected chi connectivity index (χ3v) is 4.38. The largest absolute Gasteiger partial charge is 0.396 e. The first-order valence-corrected chi connectivity index (χ1v) is 9.05. The van der Waals surface area contributed by atoms with Crippen molar-refractivity contribution in [3.8, 4) is 0 Å². The topological polar surface area (TPSA) is 70.6 Å². The summed E-state index contributed by atoms with van der Waals surface area (Å²) < 4.78 is 28.2. The van der Waals surface area contributed by atoms with Crippen LogP contribution in [-0.2, 0) is 4.84 Å². The van der Waals surface area contributed by atoms with Crippen LogP contribution in [0, 0.1) is 15.2 Å². The fourth-order valence-corrected chi connectivity index (χ4v) is 2.93. The minimum Gasteiger partial charge on any atom is -0.396 e. The van der Waals surface area contributed by atoms with Gasteiger partial charge in [-0.25, -0.2) is 14.3 Å². The van der Waals surface area contributed by atoms with Gasteiger partial charge in [-0.3, -0.25) is 9.63 Å². The van der Waals surface area contributed by atoms with Crippen molar-refractivity contribution >= 4 is 51.5 Å². The number of carbonyl (C=O) groups excluding carboxylic acids is 1. The Kier molecular flexibility index (Phi) is 7.56. The van der Waals surface area contributed by atoms with Crippen molar-refractivity contribution in [3.63, 3.8) is 0 Å². The van der Waals surface area contributed by atoms with Gasteiger partial charge in [-0.2, -0.15) is 0 Å². The van der Waals surface area contributed by atoms with E-state index in [1.807, 2.05) is 0 Å². The van der Waals surface area contributed by atoms with Gasteiger partial charge < -0.3 is 10.4 Å². The van der Waals surface area contributed by atoms with E-state index in [0.717, 1.165) is 15.7 Å². The van der Waals surface area contributed by atoms with Crippen LogP contribution < -0.4 is 10.8 Å². The van der Waals surface area contributed by atoms with Crippen LogP contribution in [0.1, 0.15) is 23.7 Å². The lowest BCUT2D eigenvalue weighted by Crippen LogP contribution is -2.29. The molecule has 0 aliphatic rings. The monoisotopic (exact) mass is 496 g/mol. The molecule has 2 rings (SSSR count). The standard InChI is InChI=1S/C17H16ClF2IN2O3/c1-9(4-5-24)26-23-17(25)11-7-13(19)14(20)8-16(11)22-15-3-2-10(21)6-12(15)18/h2-3,6-9,22,24H,4-5H2,1H3,(H,23,25). The van der Waals surface area contributed by atoms with Gasteiger partial charge in [0.15, 0.2) is 11.6 Å². The van der Waals surface area contributed by atoms with Crippen molar-refractivity contribution in [1.29, 1.82) is 0 Å². The highest BCUT2D eigenvalue weighted by molar-refractivity contribution is 14.1. The first-order chi connectivity index (χ1) is 12.3. The third kappa shape index (κ3) is 5.50. The van der Waals surface area contributed by atoms with Gasteiger partial charge in [-0.05, 0) is 60.2 Å². The van der Waals surface area contributed by atoms with Crippen LogP contribution in [0.15, 0.2) is 30.3 Å². The number of benzene rings is 2. The number of hydroxylamine groups is 1. The fourth-order valence-electron chi connectivity index (χ4n) is 2.02. The summed E-state index contributed by atoms with van der Waals surface area (Å²) >= 11 is 8.22. The van der Waals surface area contributed by atoms with Crippen molar-refractivity contribution in [2.24, 2.45) is 0 Å². The molecular weight excluding hydrogens is 481 g/mol. The lowest BCUT2D eigenvalue weighted by Gasteiger charge is -2.16. The Morgan fingerprint density at radius 1 is 1.27 bits per heavy atom. The normalized spacial score (nSPS) is 11.9. The molecule has 0 spiro atoms. The molecule has 0 aliphatic heterocycles. The number of rotatable bonds is 7. The number of halogens is 4. The molecule has 0 fully saturated rings.